The average molecular weight is 359 g/mol. The van der Waals surface area contributed by atoms with Gasteiger partial charge in [-0.15, -0.1) is 11.3 Å². The number of benzene rings is 1. The monoisotopic (exact) mass is 358 g/mol. The summed E-state index contributed by atoms with van der Waals surface area (Å²) in [4.78, 5) is 27.1. The first kappa shape index (κ1) is 19.2. The minimum atomic E-state index is -0.144. The van der Waals surface area contributed by atoms with Crippen molar-refractivity contribution in [1.29, 1.82) is 0 Å². The maximum atomic E-state index is 12.2. The van der Waals surface area contributed by atoms with E-state index in [-0.39, 0.29) is 17.2 Å². The smallest absolute Gasteiger partial charge is 0.251 e. The maximum Gasteiger partial charge on any atom is 0.251 e. The van der Waals surface area contributed by atoms with Crippen molar-refractivity contribution in [2.24, 2.45) is 0 Å². The van der Waals surface area contributed by atoms with Gasteiger partial charge in [0.05, 0.1) is 6.54 Å². The summed E-state index contributed by atoms with van der Waals surface area (Å²) in [6.07, 6.45) is 0.299. The van der Waals surface area contributed by atoms with Gasteiger partial charge in [0, 0.05) is 30.5 Å². The van der Waals surface area contributed by atoms with E-state index >= 15 is 0 Å². The first-order valence-corrected chi connectivity index (χ1v) is 9.30. The van der Waals surface area contributed by atoms with E-state index < -0.39 is 0 Å². The van der Waals surface area contributed by atoms with Gasteiger partial charge < -0.3 is 10.2 Å². The van der Waals surface area contributed by atoms with E-state index in [0.29, 0.717) is 25.1 Å². The van der Waals surface area contributed by atoms with E-state index in [0.717, 1.165) is 4.88 Å². The molecule has 134 valence electrons. The molecule has 1 N–H and O–H groups in total. The second-order valence-corrected chi connectivity index (χ2v) is 8.19. The highest BCUT2D eigenvalue weighted by Gasteiger charge is 2.15. The summed E-state index contributed by atoms with van der Waals surface area (Å²) in [7, 11) is 1.79. The van der Waals surface area contributed by atoms with E-state index in [9.17, 15) is 9.59 Å². The number of carbonyl (C=O) groups is 2. The third-order valence-corrected chi connectivity index (χ3v) is 4.90. The molecule has 0 radical (unpaired) electrons. The molecule has 2 aromatic rings. The standard InChI is InChI=1S/C20H26N2O2S/c1-20(2,3)16-9-7-15(8-10-16)19(24)21-12-11-18(23)22(4)14-17-6-5-13-25-17/h5-10,13H,11-12,14H2,1-4H3,(H,21,24). The molecule has 0 aliphatic rings. The largest absolute Gasteiger partial charge is 0.352 e. The first-order valence-electron chi connectivity index (χ1n) is 8.42. The van der Waals surface area contributed by atoms with Gasteiger partial charge in [0.25, 0.3) is 5.91 Å². The van der Waals surface area contributed by atoms with E-state index in [2.05, 4.69) is 26.1 Å². The predicted molar refractivity (Wildman–Crippen MR) is 103 cm³/mol. The zero-order chi connectivity index (χ0) is 18.4. The van der Waals surface area contributed by atoms with E-state index in [1.54, 1.807) is 23.3 Å². The summed E-state index contributed by atoms with van der Waals surface area (Å²) >= 11 is 1.63. The predicted octanol–water partition coefficient (Wildman–Crippen LogP) is 3.82. The SMILES string of the molecule is CN(Cc1cccs1)C(=O)CCNC(=O)c1ccc(C(C)(C)C)cc1. The maximum absolute atomic E-state index is 12.2. The molecule has 4 nitrogen and oxygen atoms in total. The summed E-state index contributed by atoms with van der Waals surface area (Å²) in [5.41, 5.74) is 1.87. The summed E-state index contributed by atoms with van der Waals surface area (Å²) in [6, 6.07) is 11.6. The van der Waals surface area contributed by atoms with Crippen LogP contribution in [0.3, 0.4) is 0 Å². The zero-order valence-electron chi connectivity index (χ0n) is 15.3. The lowest BCUT2D eigenvalue weighted by Crippen LogP contribution is -2.31. The van der Waals surface area contributed by atoms with Crippen LogP contribution in [0.5, 0.6) is 0 Å². The van der Waals surface area contributed by atoms with Gasteiger partial charge in [-0.05, 0) is 34.6 Å². The fourth-order valence-electron chi connectivity index (χ4n) is 2.42. The molecule has 0 spiro atoms. The molecule has 2 rings (SSSR count). The van der Waals surface area contributed by atoms with Crippen LogP contribution in [0.4, 0.5) is 0 Å². The van der Waals surface area contributed by atoms with Crippen molar-refractivity contribution in [3.05, 3.63) is 57.8 Å². The van der Waals surface area contributed by atoms with Gasteiger partial charge in [-0.1, -0.05) is 39.0 Å². The van der Waals surface area contributed by atoms with E-state index in [4.69, 9.17) is 0 Å². The highest BCUT2D eigenvalue weighted by Crippen LogP contribution is 2.22. The highest BCUT2D eigenvalue weighted by molar-refractivity contribution is 7.09. The Labute approximate surface area is 153 Å². The molecular formula is C20H26N2O2S. The highest BCUT2D eigenvalue weighted by atomic mass is 32.1. The topological polar surface area (TPSA) is 49.4 Å². The van der Waals surface area contributed by atoms with Gasteiger partial charge >= 0.3 is 0 Å². The Bertz CT molecular complexity index is 700. The summed E-state index contributed by atoms with van der Waals surface area (Å²) in [5, 5.41) is 4.82. The second kappa shape index (κ2) is 8.30. The Kier molecular flexibility index (Phi) is 6.37. The summed E-state index contributed by atoms with van der Waals surface area (Å²) in [5.74, 6) is -0.119. The summed E-state index contributed by atoms with van der Waals surface area (Å²) < 4.78 is 0. The Hall–Kier alpha value is -2.14. The van der Waals surface area contributed by atoms with Crippen molar-refractivity contribution in [2.75, 3.05) is 13.6 Å². The zero-order valence-corrected chi connectivity index (χ0v) is 16.2. The molecule has 1 heterocycles. The molecule has 5 heteroatoms. The van der Waals surface area contributed by atoms with Gasteiger partial charge in [0.15, 0.2) is 0 Å². The van der Waals surface area contributed by atoms with Crippen LogP contribution in [-0.4, -0.2) is 30.3 Å². The molecule has 1 aromatic heterocycles. The number of nitrogens with zero attached hydrogens (tertiary/aromatic N) is 1. The Morgan fingerprint density at radius 2 is 1.80 bits per heavy atom. The van der Waals surface area contributed by atoms with Crippen LogP contribution in [0.2, 0.25) is 0 Å². The lowest BCUT2D eigenvalue weighted by molar-refractivity contribution is -0.130. The molecule has 0 unspecified atom stereocenters. The Morgan fingerprint density at radius 1 is 1.12 bits per heavy atom. The summed E-state index contributed by atoms with van der Waals surface area (Å²) in [6.45, 7) is 7.37. The Morgan fingerprint density at radius 3 is 2.36 bits per heavy atom. The van der Waals surface area contributed by atoms with Crippen molar-refractivity contribution in [3.63, 3.8) is 0 Å². The van der Waals surface area contributed by atoms with E-state index in [1.807, 2.05) is 41.8 Å². The van der Waals surface area contributed by atoms with Gasteiger partial charge in [-0.2, -0.15) is 0 Å². The van der Waals surface area contributed by atoms with Crippen LogP contribution >= 0.6 is 11.3 Å². The first-order chi connectivity index (χ1) is 11.8. The van der Waals surface area contributed by atoms with Crippen LogP contribution < -0.4 is 5.32 Å². The Balaban J connectivity index is 1.78. The van der Waals surface area contributed by atoms with Crippen molar-refractivity contribution in [3.8, 4) is 0 Å². The van der Waals surface area contributed by atoms with Crippen LogP contribution in [-0.2, 0) is 16.8 Å². The normalized spacial score (nSPS) is 11.2. The van der Waals surface area contributed by atoms with Crippen molar-refractivity contribution < 1.29 is 9.59 Å². The van der Waals surface area contributed by atoms with Gasteiger partial charge in [-0.25, -0.2) is 0 Å². The lowest BCUT2D eigenvalue weighted by atomic mass is 9.87. The van der Waals surface area contributed by atoms with Crippen LogP contribution in [0.25, 0.3) is 0 Å². The molecule has 0 bridgehead atoms. The average Bonchev–Trinajstić information content (AvgIpc) is 3.06. The minimum Gasteiger partial charge on any atom is -0.352 e. The lowest BCUT2D eigenvalue weighted by Gasteiger charge is -2.19. The van der Waals surface area contributed by atoms with E-state index in [1.165, 1.54) is 5.56 Å². The quantitative estimate of drug-likeness (QED) is 0.853. The van der Waals surface area contributed by atoms with Crippen LogP contribution in [0, 0.1) is 0 Å². The number of rotatable bonds is 6. The van der Waals surface area contributed by atoms with Crippen molar-refractivity contribution >= 4 is 23.2 Å². The minimum absolute atomic E-state index is 0.0248. The molecule has 0 aliphatic heterocycles. The molecular weight excluding hydrogens is 332 g/mol. The third kappa shape index (κ3) is 5.71. The molecule has 0 atom stereocenters. The number of hydrogen-bond acceptors (Lipinski definition) is 3. The van der Waals surface area contributed by atoms with Gasteiger partial charge in [0.1, 0.15) is 0 Å². The third-order valence-electron chi connectivity index (χ3n) is 4.04. The van der Waals surface area contributed by atoms with Gasteiger partial charge in [-0.3, -0.25) is 9.59 Å². The molecule has 0 saturated carbocycles. The molecule has 0 fully saturated rings. The molecule has 0 saturated heterocycles. The number of nitrogens with one attached hydrogen (secondary N) is 1. The van der Waals surface area contributed by atoms with Crippen molar-refractivity contribution in [2.45, 2.75) is 39.2 Å². The number of amides is 2. The fourth-order valence-corrected chi connectivity index (χ4v) is 3.18. The fraction of sp³-hybridized carbons (Fsp3) is 0.400. The molecule has 0 aliphatic carbocycles. The number of thiophene rings is 1. The number of hydrogen-bond donors (Lipinski definition) is 1. The van der Waals surface area contributed by atoms with Crippen molar-refractivity contribution in [1.82, 2.24) is 10.2 Å². The van der Waals surface area contributed by atoms with Crippen LogP contribution in [0.1, 0.15) is 48.0 Å². The number of carbonyl (C=O) groups excluding carboxylic acids is 2. The van der Waals surface area contributed by atoms with Crippen LogP contribution in [0.15, 0.2) is 41.8 Å². The van der Waals surface area contributed by atoms with Gasteiger partial charge in [0.2, 0.25) is 5.91 Å². The molecule has 2 amide bonds. The molecule has 25 heavy (non-hydrogen) atoms. The molecule has 1 aromatic carbocycles. The second-order valence-electron chi connectivity index (χ2n) is 7.16.